The van der Waals surface area contributed by atoms with Crippen LogP contribution in [0, 0.1) is 6.92 Å². The summed E-state index contributed by atoms with van der Waals surface area (Å²) in [5, 5.41) is 3.06. The Balaban J connectivity index is 1.36. The second-order valence-corrected chi connectivity index (χ2v) is 9.59. The van der Waals surface area contributed by atoms with E-state index in [0.717, 1.165) is 41.2 Å². The van der Waals surface area contributed by atoms with Crippen LogP contribution in [0.5, 0.6) is 0 Å². The highest BCUT2D eigenvalue weighted by molar-refractivity contribution is 8.00. The Kier molecular flexibility index (Phi) is 8.01. The molecule has 3 heterocycles. The molecule has 0 aliphatic carbocycles. The van der Waals surface area contributed by atoms with Gasteiger partial charge in [0.05, 0.1) is 25.0 Å². The Morgan fingerprint density at radius 2 is 1.94 bits per heavy atom. The van der Waals surface area contributed by atoms with Crippen LogP contribution in [0.3, 0.4) is 0 Å². The van der Waals surface area contributed by atoms with Crippen LogP contribution in [0.15, 0.2) is 41.4 Å². The summed E-state index contributed by atoms with van der Waals surface area (Å²) in [5.74, 6) is 0.552. The molecule has 1 aromatic heterocycles. The smallest absolute Gasteiger partial charge is 0.239 e. The topological polar surface area (TPSA) is 74.8 Å². The molecule has 1 fully saturated rings. The summed E-state index contributed by atoms with van der Waals surface area (Å²) in [4.78, 5) is 35.3. The predicted octanol–water partition coefficient (Wildman–Crippen LogP) is 2.40. The van der Waals surface area contributed by atoms with E-state index in [1.165, 1.54) is 17.3 Å². The third-order valence-electron chi connectivity index (χ3n) is 6.43. The van der Waals surface area contributed by atoms with E-state index in [1.54, 1.807) is 0 Å². The molecule has 2 aromatic rings. The number of nitrogens with zero attached hydrogens (tertiary/aromatic N) is 3. The number of hydrogen-bond acceptors (Lipinski definition) is 6. The Labute approximate surface area is 199 Å². The van der Waals surface area contributed by atoms with Crippen LogP contribution in [-0.2, 0) is 33.8 Å². The van der Waals surface area contributed by atoms with Crippen molar-refractivity contribution in [1.29, 1.82) is 0 Å². The van der Waals surface area contributed by atoms with Crippen molar-refractivity contribution in [3.05, 3.63) is 58.9 Å². The third-order valence-corrected chi connectivity index (χ3v) is 7.45. The van der Waals surface area contributed by atoms with Crippen LogP contribution in [0.25, 0.3) is 0 Å². The molecule has 1 atom stereocenters. The number of thioether (sulfide) groups is 1. The number of aromatic nitrogens is 1. The third kappa shape index (κ3) is 5.93. The van der Waals surface area contributed by atoms with Crippen molar-refractivity contribution in [1.82, 2.24) is 20.1 Å². The van der Waals surface area contributed by atoms with Crippen molar-refractivity contribution in [3.8, 4) is 0 Å². The second kappa shape index (κ2) is 11.1. The Morgan fingerprint density at radius 3 is 2.70 bits per heavy atom. The molecule has 7 nitrogen and oxygen atoms in total. The van der Waals surface area contributed by atoms with Crippen LogP contribution < -0.4 is 5.32 Å². The molecular weight excluding hydrogens is 436 g/mol. The number of rotatable bonds is 7. The number of pyridine rings is 1. The number of aryl methyl sites for hydroxylation is 1. The number of carbonyl (C=O) groups excluding carboxylic acids is 2. The molecule has 0 radical (unpaired) electrons. The number of nitrogens with one attached hydrogen (secondary N) is 1. The van der Waals surface area contributed by atoms with E-state index in [1.807, 2.05) is 55.3 Å². The number of morpholine rings is 1. The number of amides is 2. The molecule has 1 unspecified atom stereocenters. The van der Waals surface area contributed by atoms with E-state index in [0.29, 0.717) is 38.6 Å². The predicted molar refractivity (Wildman–Crippen MR) is 129 cm³/mol. The molecule has 1 N–H and O–H groups in total. The van der Waals surface area contributed by atoms with E-state index < -0.39 is 0 Å². The highest BCUT2D eigenvalue weighted by Crippen LogP contribution is 2.25. The molecule has 2 amide bonds. The summed E-state index contributed by atoms with van der Waals surface area (Å²) >= 11 is 1.53. The number of ether oxygens (including phenoxy) is 1. The largest absolute Gasteiger partial charge is 0.379 e. The minimum Gasteiger partial charge on any atom is -0.379 e. The van der Waals surface area contributed by atoms with Gasteiger partial charge in [-0.15, -0.1) is 11.8 Å². The average molecular weight is 469 g/mol. The van der Waals surface area contributed by atoms with Crippen molar-refractivity contribution >= 4 is 23.6 Å². The van der Waals surface area contributed by atoms with Crippen LogP contribution in [0.4, 0.5) is 0 Å². The number of hydrogen-bond donors (Lipinski definition) is 1. The summed E-state index contributed by atoms with van der Waals surface area (Å²) in [6.45, 7) is 8.66. The fourth-order valence-electron chi connectivity index (χ4n) is 4.43. The molecule has 1 saturated heterocycles. The van der Waals surface area contributed by atoms with E-state index in [-0.39, 0.29) is 17.9 Å². The molecule has 0 bridgehead atoms. The normalized spacial score (nSPS) is 17.3. The van der Waals surface area contributed by atoms with E-state index in [9.17, 15) is 9.59 Å². The van der Waals surface area contributed by atoms with Gasteiger partial charge >= 0.3 is 0 Å². The standard InChI is InChI=1S/C25H32N4O3S/c1-18-23(15-27-24(30)17-33-21-6-4-3-5-7-21)22-8-9-29(16-20(22)14-26-18)25(31)19(2)28-10-12-32-13-11-28/h3-7,14,19H,8-13,15-17H2,1-2H3,(H,27,30). The maximum Gasteiger partial charge on any atom is 0.239 e. The molecule has 33 heavy (non-hydrogen) atoms. The molecule has 176 valence electrons. The van der Waals surface area contributed by atoms with Gasteiger partial charge in [-0.2, -0.15) is 0 Å². The fraction of sp³-hybridized carbons (Fsp3) is 0.480. The van der Waals surface area contributed by atoms with Gasteiger partial charge in [-0.3, -0.25) is 19.5 Å². The van der Waals surface area contributed by atoms with Crippen molar-refractivity contribution in [3.63, 3.8) is 0 Å². The zero-order chi connectivity index (χ0) is 23.2. The first-order valence-electron chi connectivity index (χ1n) is 11.5. The van der Waals surface area contributed by atoms with Gasteiger partial charge in [-0.05, 0) is 49.1 Å². The van der Waals surface area contributed by atoms with Gasteiger partial charge in [-0.25, -0.2) is 0 Å². The minimum absolute atomic E-state index is 0.00723. The Morgan fingerprint density at radius 1 is 1.18 bits per heavy atom. The van der Waals surface area contributed by atoms with Gasteiger partial charge in [0.25, 0.3) is 0 Å². The average Bonchev–Trinajstić information content (AvgIpc) is 2.87. The first-order valence-corrected chi connectivity index (χ1v) is 12.5. The summed E-state index contributed by atoms with van der Waals surface area (Å²) in [6.07, 6.45) is 2.67. The van der Waals surface area contributed by atoms with Gasteiger partial charge in [0, 0.05) is 49.5 Å². The minimum atomic E-state index is -0.144. The first kappa shape index (κ1) is 23.7. The lowest BCUT2D eigenvalue weighted by Gasteiger charge is -2.37. The van der Waals surface area contributed by atoms with Gasteiger partial charge in [-0.1, -0.05) is 18.2 Å². The van der Waals surface area contributed by atoms with Gasteiger partial charge in [0.15, 0.2) is 0 Å². The first-order chi connectivity index (χ1) is 16.0. The molecule has 8 heteroatoms. The zero-order valence-corrected chi connectivity index (χ0v) is 20.2. The van der Waals surface area contributed by atoms with Crippen molar-refractivity contribution < 1.29 is 14.3 Å². The summed E-state index contributed by atoms with van der Waals surface area (Å²) in [7, 11) is 0. The van der Waals surface area contributed by atoms with Crippen LogP contribution in [0.2, 0.25) is 0 Å². The SMILES string of the molecule is Cc1ncc2c(c1CNC(=O)CSc1ccccc1)CCN(C(=O)C(C)N1CCOCC1)C2. The summed E-state index contributed by atoms with van der Waals surface area (Å²) < 4.78 is 5.42. The lowest BCUT2D eigenvalue weighted by molar-refractivity contribution is -0.139. The lowest BCUT2D eigenvalue weighted by Crippen LogP contribution is -2.51. The molecule has 1 aromatic carbocycles. The van der Waals surface area contributed by atoms with Crippen molar-refractivity contribution in [2.24, 2.45) is 0 Å². The Bertz CT molecular complexity index is 979. The molecular formula is C25H32N4O3S. The highest BCUT2D eigenvalue weighted by atomic mass is 32.2. The number of fused-ring (bicyclic) bond motifs is 1. The summed E-state index contributed by atoms with van der Waals surface area (Å²) in [5.41, 5.74) is 4.32. The fourth-order valence-corrected chi connectivity index (χ4v) is 5.18. The lowest BCUT2D eigenvalue weighted by atomic mass is 9.94. The van der Waals surface area contributed by atoms with Crippen LogP contribution >= 0.6 is 11.8 Å². The van der Waals surface area contributed by atoms with Gasteiger partial charge in [0.1, 0.15) is 0 Å². The van der Waals surface area contributed by atoms with Crippen LogP contribution in [0.1, 0.15) is 29.3 Å². The highest BCUT2D eigenvalue weighted by Gasteiger charge is 2.30. The number of benzene rings is 1. The van der Waals surface area contributed by atoms with Gasteiger partial charge in [0.2, 0.25) is 11.8 Å². The monoisotopic (exact) mass is 468 g/mol. The number of carbonyl (C=O) groups is 2. The van der Waals surface area contributed by atoms with Crippen molar-refractivity contribution in [2.75, 3.05) is 38.6 Å². The molecule has 2 aliphatic heterocycles. The van der Waals surface area contributed by atoms with E-state index in [2.05, 4.69) is 15.2 Å². The second-order valence-electron chi connectivity index (χ2n) is 8.54. The summed E-state index contributed by atoms with van der Waals surface area (Å²) in [6, 6.07) is 9.78. The van der Waals surface area contributed by atoms with E-state index >= 15 is 0 Å². The molecule has 0 saturated carbocycles. The quantitative estimate of drug-likeness (QED) is 0.629. The molecule has 0 spiro atoms. The molecule has 4 rings (SSSR count). The maximum atomic E-state index is 13.1. The molecule has 2 aliphatic rings. The van der Waals surface area contributed by atoms with Gasteiger partial charge < -0.3 is 15.0 Å². The Hall–Kier alpha value is -2.42. The maximum absolute atomic E-state index is 13.1. The van der Waals surface area contributed by atoms with Crippen LogP contribution in [-0.4, -0.2) is 71.2 Å². The van der Waals surface area contributed by atoms with Crippen molar-refractivity contribution in [2.45, 2.75) is 44.3 Å². The zero-order valence-electron chi connectivity index (χ0n) is 19.4. The van der Waals surface area contributed by atoms with E-state index in [4.69, 9.17) is 4.74 Å².